The van der Waals surface area contributed by atoms with Gasteiger partial charge in [-0.25, -0.2) is 0 Å². The quantitative estimate of drug-likeness (QED) is 0.640. The Kier molecular flexibility index (Phi) is 5.36. The maximum atomic E-state index is 12.2. The molecule has 1 N–H and O–H groups in total. The van der Waals surface area contributed by atoms with Crippen LogP contribution in [0.1, 0.15) is 17.4 Å². The third kappa shape index (κ3) is 4.15. The SMILES string of the molecule is CCSc1nnc(NC(=O)c2ccc(N3CCOCC3)nn2)s1. The molecule has 10 heteroatoms. The van der Waals surface area contributed by atoms with E-state index < -0.39 is 0 Å². The molecule has 1 saturated heterocycles. The van der Waals surface area contributed by atoms with Gasteiger partial charge >= 0.3 is 0 Å². The number of hydrogen-bond donors (Lipinski definition) is 1. The van der Waals surface area contributed by atoms with Gasteiger partial charge in [0.15, 0.2) is 15.9 Å². The summed E-state index contributed by atoms with van der Waals surface area (Å²) < 4.78 is 6.13. The van der Waals surface area contributed by atoms with Gasteiger partial charge in [-0.05, 0) is 17.9 Å². The second-order valence-corrected chi connectivity index (χ2v) is 7.13. The Morgan fingerprint density at radius 1 is 1.30 bits per heavy atom. The number of amides is 1. The molecule has 0 aliphatic carbocycles. The van der Waals surface area contributed by atoms with Gasteiger partial charge in [0.25, 0.3) is 5.91 Å². The Bertz CT molecular complexity index is 657. The number of nitrogens with zero attached hydrogens (tertiary/aromatic N) is 5. The highest BCUT2D eigenvalue weighted by Crippen LogP contribution is 2.25. The summed E-state index contributed by atoms with van der Waals surface area (Å²) in [5.41, 5.74) is 0.252. The minimum Gasteiger partial charge on any atom is -0.378 e. The molecule has 0 atom stereocenters. The van der Waals surface area contributed by atoms with Crippen LogP contribution in [0.3, 0.4) is 0 Å². The highest BCUT2D eigenvalue weighted by molar-refractivity contribution is 8.01. The Hall–Kier alpha value is -1.78. The van der Waals surface area contributed by atoms with Crippen molar-refractivity contribution < 1.29 is 9.53 Å². The molecule has 1 aliphatic rings. The second kappa shape index (κ2) is 7.66. The molecular formula is C13H16N6O2S2. The van der Waals surface area contributed by atoms with E-state index in [0.29, 0.717) is 18.3 Å². The van der Waals surface area contributed by atoms with Gasteiger partial charge in [0.2, 0.25) is 5.13 Å². The van der Waals surface area contributed by atoms with Crippen LogP contribution in [0.25, 0.3) is 0 Å². The zero-order valence-electron chi connectivity index (χ0n) is 12.6. The lowest BCUT2D eigenvalue weighted by Gasteiger charge is -2.27. The molecule has 1 fully saturated rings. The lowest BCUT2D eigenvalue weighted by molar-refractivity contribution is 0.102. The first-order valence-corrected chi connectivity index (χ1v) is 9.00. The number of thioether (sulfide) groups is 1. The summed E-state index contributed by atoms with van der Waals surface area (Å²) in [6, 6.07) is 3.46. The van der Waals surface area contributed by atoms with Crippen LogP contribution in [-0.2, 0) is 4.74 Å². The summed E-state index contributed by atoms with van der Waals surface area (Å²) in [5.74, 6) is 1.33. The Morgan fingerprint density at radius 2 is 2.13 bits per heavy atom. The molecule has 0 bridgehead atoms. The van der Waals surface area contributed by atoms with Crippen LogP contribution >= 0.6 is 23.1 Å². The van der Waals surface area contributed by atoms with Crippen molar-refractivity contribution in [3.63, 3.8) is 0 Å². The average molecular weight is 352 g/mol. The normalized spacial score (nSPS) is 14.7. The summed E-state index contributed by atoms with van der Waals surface area (Å²) >= 11 is 2.93. The van der Waals surface area contributed by atoms with E-state index in [9.17, 15) is 4.79 Å². The van der Waals surface area contributed by atoms with Gasteiger partial charge in [-0.3, -0.25) is 10.1 Å². The molecular weight excluding hydrogens is 336 g/mol. The van der Waals surface area contributed by atoms with Gasteiger partial charge in [-0.2, -0.15) is 0 Å². The summed E-state index contributed by atoms with van der Waals surface area (Å²) in [4.78, 5) is 14.2. The number of ether oxygens (including phenoxy) is 1. The van der Waals surface area contributed by atoms with Crippen molar-refractivity contribution in [1.82, 2.24) is 20.4 Å². The fourth-order valence-electron chi connectivity index (χ4n) is 2.01. The molecule has 8 nitrogen and oxygen atoms in total. The van der Waals surface area contributed by atoms with E-state index in [1.54, 1.807) is 23.9 Å². The summed E-state index contributed by atoms with van der Waals surface area (Å²) in [6.07, 6.45) is 0. The van der Waals surface area contributed by atoms with Crippen molar-refractivity contribution in [3.8, 4) is 0 Å². The Labute approximate surface area is 141 Å². The summed E-state index contributed by atoms with van der Waals surface area (Å²) in [6.45, 7) is 4.96. The van der Waals surface area contributed by atoms with E-state index in [0.717, 1.165) is 29.0 Å². The molecule has 0 saturated carbocycles. The first kappa shape index (κ1) is 16.1. The molecule has 1 amide bonds. The predicted octanol–water partition coefficient (Wildman–Crippen LogP) is 1.53. The summed E-state index contributed by atoms with van der Waals surface area (Å²) in [5, 5.41) is 19.2. The van der Waals surface area contributed by atoms with Gasteiger partial charge < -0.3 is 9.64 Å². The molecule has 2 aromatic rings. The Morgan fingerprint density at radius 3 is 2.83 bits per heavy atom. The molecule has 2 aromatic heterocycles. The number of carbonyl (C=O) groups is 1. The first-order chi connectivity index (χ1) is 11.3. The topological polar surface area (TPSA) is 93.1 Å². The van der Waals surface area contributed by atoms with E-state index in [-0.39, 0.29) is 11.6 Å². The molecule has 0 spiro atoms. The van der Waals surface area contributed by atoms with Crippen LogP contribution in [0.2, 0.25) is 0 Å². The fraction of sp³-hybridized carbons (Fsp3) is 0.462. The number of hydrogen-bond acceptors (Lipinski definition) is 9. The monoisotopic (exact) mass is 352 g/mol. The number of rotatable bonds is 5. The largest absolute Gasteiger partial charge is 0.378 e. The van der Waals surface area contributed by atoms with E-state index in [1.165, 1.54) is 11.3 Å². The maximum absolute atomic E-state index is 12.2. The predicted molar refractivity (Wildman–Crippen MR) is 89.3 cm³/mol. The van der Waals surface area contributed by atoms with Crippen LogP contribution < -0.4 is 10.2 Å². The van der Waals surface area contributed by atoms with E-state index in [2.05, 4.69) is 30.6 Å². The minimum absolute atomic E-state index is 0.252. The van der Waals surface area contributed by atoms with Crippen molar-refractivity contribution in [1.29, 1.82) is 0 Å². The molecule has 122 valence electrons. The van der Waals surface area contributed by atoms with Crippen LogP contribution in [0.4, 0.5) is 10.9 Å². The van der Waals surface area contributed by atoms with Crippen molar-refractivity contribution in [2.45, 2.75) is 11.3 Å². The highest BCUT2D eigenvalue weighted by Gasteiger charge is 2.15. The molecule has 0 unspecified atom stereocenters. The lowest BCUT2D eigenvalue weighted by Crippen LogP contribution is -2.37. The fourth-order valence-corrected chi connectivity index (χ4v) is 3.65. The second-order valence-electron chi connectivity index (χ2n) is 4.64. The zero-order valence-corrected chi connectivity index (χ0v) is 14.2. The molecule has 3 heterocycles. The first-order valence-electron chi connectivity index (χ1n) is 7.20. The lowest BCUT2D eigenvalue weighted by atomic mass is 10.3. The molecule has 1 aliphatic heterocycles. The number of anilines is 2. The standard InChI is InChI=1S/C13H16N6O2S2/c1-2-22-13-18-17-12(23-13)14-11(20)9-3-4-10(16-15-9)19-5-7-21-8-6-19/h3-4H,2,5-8H2,1H3,(H,14,17,20). The molecule has 23 heavy (non-hydrogen) atoms. The number of morpholine rings is 1. The number of aromatic nitrogens is 4. The zero-order chi connectivity index (χ0) is 16.1. The van der Waals surface area contributed by atoms with Crippen molar-refractivity contribution >= 4 is 40.0 Å². The number of nitrogens with one attached hydrogen (secondary N) is 1. The van der Waals surface area contributed by atoms with Crippen molar-refractivity contribution in [3.05, 3.63) is 17.8 Å². The van der Waals surface area contributed by atoms with Crippen LogP contribution in [0.15, 0.2) is 16.5 Å². The van der Waals surface area contributed by atoms with Crippen molar-refractivity contribution in [2.75, 3.05) is 42.3 Å². The Balaban J connectivity index is 1.62. The van der Waals surface area contributed by atoms with E-state index >= 15 is 0 Å². The molecule has 3 rings (SSSR count). The number of carbonyl (C=O) groups excluding carboxylic acids is 1. The minimum atomic E-state index is -0.338. The highest BCUT2D eigenvalue weighted by atomic mass is 32.2. The maximum Gasteiger partial charge on any atom is 0.278 e. The van der Waals surface area contributed by atoms with Gasteiger partial charge in [0.05, 0.1) is 13.2 Å². The average Bonchev–Trinajstić information content (AvgIpc) is 3.03. The van der Waals surface area contributed by atoms with E-state index in [1.807, 2.05) is 6.92 Å². The smallest absolute Gasteiger partial charge is 0.278 e. The molecule has 0 radical (unpaired) electrons. The van der Waals surface area contributed by atoms with Crippen LogP contribution in [0.5, 0.6) is 0 Å². The van der Waals surface area contributed by atoms with Crippen LogP contribution in [0, 0.1) is 0 Å². The van der Waals surface area contributed by atoms with Gasteiger partial charge in [-0.1, -0.05) is 30.0 Å². The van der Waals surface area contributed by atoms with Crippen LogP contribution in [-0.4, -0.2) is 58.4 Å². The third-order valence-corrected chi connectivity index (χ3v) is 4.97. The van der Waals surface area contributed by atoms with Gasteiger partial charge in [0.1, 0.15) is 0 Å². The summed E-state index contributed by atoms with van der Waals surface area (Å²) in [7, 11) is 0. The molecule has 0 aromatic carbocycles. The van der Waals surface area contributed by atoms with Gasteiger partial charge in [0, 0.05) is 13.1 Å². The third-order valence-electron chi connectivity index (χ3n) is 3.11. The van der Waals surface area contributed by atoms with E-state index in [4.69, 9.17) is 4.74 Å². The van der Waals surface area contributed by atoms with Gasteiger partial charge in [-0.15, -0.1) is 20.4 Å². The van der Waals surface area contributed by atoms with Crippen molar-refractivity contribution in [2.24, 2.45) is 0 Å².